The van der Waals surface area contributed by atoms with E-state index in [1.807, 2.05) is 32.2 Å². The number of pyridine rings is 1. The highest BCUT2D eigenvalue weighted by molar-refractivity contribution is 5.78. The van der Waals surface area contributed by atoms with Crippen LogP contribution in [0.5, 0.6) is 0 Å². The summed E-state index contributed by atoms with van der Waals surface area (Å²) < 4.78 is 0. The number of nitrogens with zero attached hydrogens (tertiary/aromatic N) is 1. The Bertz CT molecular complexity index is 332. The van der Waals surface area contributed by atoms with E-state index < -0.39 is 0 Å². The van der Waals surface area contributed by atoms with Crippen molar-refractivity contribution in [1.82, 2.24) is 9.97 Å². The van der Waals surface area contributed by atoms with Crippen molar-refractivity contribution in [2.75, 3.05) is 0 Å². The quantitative estimate of drug-likeness (QED) is 0.700. The van der Waals surface area contributed by atoms with Crippen LogP contribution in [0.25, 0.3) is 10.9 Å². The fraction of sp³-hybridized carbons (Fsp3) is 0.300. The molecule has 0 saturated heterocycles. The number of rotatable bonds is 1. The SMILES string of the molecule is CC.NCc1cc2cnccc2[nH]1. The first-order valence-corrected chi connectivity index (χ1v) is 4.52. The van der Waals surface area contributed by atoms with E-state index in [-0.39, 0.29) is 0 Å². The Morgan fingerprint density at radius 3 is 2.85 bits per heavy atom. The summed E-state index contributed by atoms with van der Waals surface area (Å²) in [5.74, 6) is 0. The Hall–Kier alpha value is -1.35. The fourth-order valence-corrected chi connectivity index (χ4v) is 1.14. The van der Waals surface area contributed by atoms with Gasteiger partial charge in [-0.3, -0.25) is 4.98 Å². The molecule has 0 aliphatic heterocycles. The lowest BCUT2D eigenvalue weighted by atomic mass is 10.3. The van der Waals surface area contributed by atoms with Crippen LogP contribution in [0, 0.1) is 0 Å². The molecule has 70 valence electrons. The Balaban J connectivity index is 0.000000396. The molecule has 2 aromatic heterocycles. The number of nitrogens with two attached hydrogens (primary N) is 1. The summed E-state index contributed by atoms with van der Waals surface area (Å²) in [6.07, 6.45) is 3.59. The minimum Gasteiger partial charge on any atom is -0.357 e. The molecule has 2 heterocycles. The molecule has 0 bridgehead atoms. The third-order valence-corrected chi connectivity index (χ3v) is 1.70. The standard InChI is InChI=1S/C8H9N3.C2H6/c9-4-7-3-6-5-10-2-1-8(6)11-7;1-2/h1-3,5,11H,4,9H2;1-2H3. The van der Waals surface area contributed by atoms with Crippen molar-refractivity contribution in [2.24, 2.45) is 5.73 Å². The molecule has 0 amide bonds. The van der Waals surface area contributed by atoms with E-state index in [2.05, 4.69) is 9.97 Å². The van der Waals surface area contributed by atoms with Gasteiger partial charge in [0.25, 0.3) is 0 Å². The lowest BCUT2D eigenvalue weighted by Crippen LogP contribution is -1.94. The molecular formula is C10H15N3. The number of hydrogen-bond donors (Lipinski definition) is 2. The molecule has 0 atom stereocenters. The zero-order valence-corrected chi connectivity index (χ0v) is 8.04. The maximum atomic E-state index is 5.46. The van der Waals surface area contributed by atoms with Gasteiger partial charge in [0, 0.05) is 35.5 Å². The predicted molar refractivity (Wildman–Crippen MR) is 55.3 cm³/mol. The van der Waals surface area contributed by atoms with Gasteiger partial charge in [0.1, 0.15) is 0 Å². The average molecular weight is 177 g/mol. The molecule has 0 fully saturated rings. The maximum absolute atomic E-state index is 5.46. The average Bonchev–Trinajstić information content (AvgIpc) is 2.63. The van der Waals surface area contributed by atoms with E-state index in [1.54, 1.807) is 6.20 Å². The number of nitrogens with one attached hydrogen (secondary N) is 1. The van der Waals surface area contributed by atoms with Gasteiger partial charge in [-0.15, -0.1) is 0 Å². The number of hydrogen-bond acceptors (Lipinski definition) is 2. The fourth-order valence-electron chi connectivity index (χ4n) is 1.14. The minimum absolute atomic E-state index is 0.550. The van der Waals surface area contributed by atoms with Gasteiger partial charge in [-0.2, -0.15) is 0 Å². The van der Waals surface area contributed by atoms with Crippen molar-refractivity contribution >= 4 is 10.9 Å². The molecule has 0 aliphatic carbocycles. The number of aromatic amines is 1. The molecule has 3 heteroatoms. The van der Waals surface area contributed by atoms with Crippen LogP contribution in [-0.4, -0.2) is 9.97 Å². The van der Waals surface area contributed by atoms with Crippen molar-refractivity contribution in [3.8, 4) is 0 Å². The molecule has 0 aliphatic rings. The minimum atomic E-state index is 0.550. The van der Waals surface area contributed by atoms with E-state index in [4.69, 9.17) is 5.73 Å². The highest BCUT2D eigenvalue weighted by Gasteiger charge is 1.96. The van der Waals surface area contributed by atoms with E-state index in [0.29, 0.717) is 6.54 Å². The van der Waals surface area contributed by atoms with E-state index in [1.165, 1.54) is 0 Å². The number of H-pyrrole nitrogens is 1. The molecule has 2 aromatic rings. The highest BCUT2D eigenvalue weighted by Crippen LogP contribution is 2.12. The van der Waals surface area contributed by atoms with E-state index in [9.17, 15) is 0 Å². The monoisotopic (exact) mass is 177 g/mol. The van der Waals surface area contributed by atoms with Gasteiger partial charge in [0.2, 0.25) is 0 Å². The van der Waals surface area contributed by atoms with Crippen LogP contribution in [-0.2, 0) is 6.54 Å². The molecule has 13 heavy (non-hydrogen) atoms. The van der Waals surface area contributed by atoms with Crippen molar-refractivity contribution in [3.63, 3.8) is 0 Å². The molecule has 0 unspecified atom stereocenters. The van der Waals surface area contributed by atoms with E-state index in [0.717, 1.165) is 16.6 Å². The van der Waals surface area contributed by atoms with Crippen LogP contribution in [0.2, 0.25) is 0 Å². The first-order valence-electron chi connectivity index (χ1n) is 4.52. The van der Waals surface area contributed by atoms with Gasteiger partial charge < -0.3 is 10.7 Å². The van der Waals surface area contributed by atoms with Crippen LogP contribution >= 0.6 is 0 Å². The van der Waals surface area contributed by atoms with Crippen LogP contribution < -0.4 is 5.73 Å². The van der Waals surface area contributed by atoms with Crippen molar-refractivity contribution in [2.45, 2.75) is 20.4 Å². The molecular weight excluding hydrogens is 162 g/mol. The summed E-state index contributed by atoms with van der Waals surface area (Å²) >= 11 is 0. The summed E-state index contributed by atoms with van der Waals surface area (Å²) in [4.78, 5) is 7.18. The van der Waals surface area contributed by atoms with Crippen LogP contribution in [0.4, 0.5) is 0 Å². The lowest BCUT2D eigenvalue weighted by molar-refractivity contribution is 1.02. The Morgan fingerprint density at radius 1 is 1.46 bits per heavy atom. The summed E-state index contributed by atoms with van der Waals surface area (Å²) in [5, 5.41) is 1.12. The second-order valence-corrected chi connectivity index (χ2v) is 2.46. The van der Waals surface area contributed by atoms with Gasteiger partial charge in [-0.25, -0.2) is 0 Å². The summed E-state index contributed by atoms with van der Waals surface area (Å²) in [7, 11) is 0. The molecule has 0 aromatic carbocycles. The highest BCUT2D eigenvalue weighted by atomic mass is 14.8. The van der Waals surface area contributed by atoms with Gasteiger partial charge in [-0.1, -0.05) is 13.8 Å². The van der Waals surface area contributed by atoms with Gasteiger partial charge in [-0.05, 0) is 12.1 Å². The Morgan fingerprint density at radius 2 is 2.23 bits per heavy atom. The molecule has 0 radical (unpaired) electrons. The molecule has 0 spiro atoms. The van der Waals surface area contributed by atoms with Crippen molar-refractivity contribution in [3.05, 3.63) is 30.2 Å². The van der Waals surface area contributed by atoms with Crippen LogP contribution in [0.1, 0.15) is 19.5 Å². The normalized spacial score (nSPS) is 9.46. The Labute approximate surface area is 78.0 Å². The van der Waals surface area contributed by atoms with Crippen molar-refractivity contribution < 1.29 is 0 Å². The summed E-state index contributed by atoms with van der Waals surface area (Å²) in [5.41, 5.74) is 7.61. The first kappa shape index (κ1) is 9.74. The smallest absolute Gasteiger partial charge is 0.0487 e. The van der Waals surface area contributed by atoms with Crippen LogP contribution in [0.3, 0.4) is 0 Å². The number of aromatic nitrogens is 2. The van der Waals surface area contributed by atoms with E-state index >= 15 is 0 Å². The Kier molecular flexibility index (Phi) is 3.46. The first-order chi connectivity index (χ1) is 6.40. The zero-order chi connectivity index (χ0) is 9.68. The lowest BCUT2D eigenvalue weighted by Gasteiger charge is -1.85. The zero-order valence-electron chi connectivity index (χ0n) is 8.04. The second-order valence-electron chi connectivity index (χ2n) is 2.46. The maximum Gasteiger partial charge on any atom is 0.0487 e. The summed E-state index contributed by atoms with van der Waals surface area (Å²) in [6, 6.07) is 3.96. The molecule has 2 rings (SSSR count). The third-order valence-electron chi connectivity index (χ3n) is 1.70. The second kappa shape index (κ2) is 4.62. The van der Waals surface area contributed by atoms with Gasteiger partial charge in [0.05, 0.1) is 0 Å². The molecule has 3 N–H and O–H groups in total. The van der Waals surface area contributed by atoms with Crippen LogP contribution in [0.15, 0.2) is 24.5 Å². The largest absolute Gasteiger partial charge is 0.357 e. The third kappa shape index (κ3) is 2.06. The van der Waals surface area contributed by atoms with Crippen molar-refractivity contribution in [1.29, 1.82) is 0 Å². The molecule has 0 saturated carbocycles. The predicted octanol–water partition coefficient (Wildman–Crippen LogP) is 2.05. The summed E-state index contributed by atoms with van der Waals surface area (Å²) in [6.45, 7) is 4.55. The topological polar surface area (TPSA) is 54.7 Å². The van der Waals surface area contributed by atoms with Gasteiger partial charge >= 0.3 is 0 Å². The number of fused-ring (bicyclic) bond motifs is 1. The molecule has 3 nitrogen and oxygen atoms in total. The van der Waals surface area contributed by atoms with Gasteiger partial charge in [0.15, 0.2) is 0 Å².